The molecule has 0 aromatic rings. The summed E-state index contributed by atoms with van der Waals surface area (Å²) in [7, 11) is 2.99. The van der Waals surface area contributed by atoms with Gasteiger partial charge in [0, 0.05) is 20.7 Å². The molecule has 22 heavy (non-hydrogen) atoms. The zero-order chi connectivity index (χ0) is 16.9. The number of carbonyl (C=O) groups excluding carboxylic acids is 3. The van der Waals surface area contributed by atoms with E-state index in [0.717, 1.165) is 6.42 Å². The topological polar surface area (TPSA) is 87.7 Å². The summed E-state index contributed by atoms with van der Waals surface area (Å²) in [5.74, 6) is -0.726. The van der Waals surface area contributed by atoms with Crippen molar-refractivity contribution in [1.82, 2.24) is 15.5 Å². The molecule has 0 saturated carbocycles. The van der Waals surface area contributed by atoms with Gasteiger partial charge in [-0.1, -0.05) is 20.8 Å². The van der Waals surface area contributed by atoms with Gasteiger partial charge in [-0.25, -0.2) is 0 Å². The first-order chi connectivity index (χ1) is 10.2. The molecule has 3 amide bonds. The highest BCUT2D eigenvalue weighted by atomic mass is 16.5. The van der Waals surface area contributed by atoms with E-state index in [4.69, 9.17) is 4.74 Å². The Morgan fingerprint density at radius 3 is 2.45 bits per heavy atom. The number of hydrogen-bond acceptors (Lipinski definition) is 4. The fourth-order valence-corrected chi connectivity index (χ4v) is 2.62. The van der Waals surface area contributed by atoms with Crippen molar-refractivity contribution < 1.29 is 19.1 Å². The van der Waals surface area contributed by atoms with Crippen LogP contribution >= 0.6 is 0 Å². The summed E-state index contributed by atoms with van der Waals surface area (Å²) >= 11 is 0. The molecule has 0 bridgehead atoms. The molecular weight excluding hydrogens is 286 g/mol. The SMILES string of the molecule is CNC(=O)C1CCCN1C(=O)C(NC(=O)COC)C(C)(C)C. The molecule has 2 unspecified atom stereocenters. The predicted molar refractivity (Wildman–Crippen MR) is 82.1 cm³/mol. The molecule has 2 atom stereocenters. The third kappa shape index (κ3) is 4.43. The lowest BCUT2D eigenvalue weighted by Gasteiger charge is -2.35. The Morgan fingerprint density at radius 1 is 1.32 bits per heavy atom. The zero-order valence-corrected chi connectivity index (χ0v) is 14.1. The van der Waals surface area contributed by atoms with Gasteiger partial charge in [0.05, 0.1) is 0 Å². The Bertz CT molecular complexity index is 431. The van der Waals surface area contributed by atoms with E-state index in [0.29, 0.717) is 13.0 Å². The Morgan fingerprint density at radius 2 is 1.95 bits per heavy atom. The molecule has 0 radical (unpaired) electrons. The normalized spacial score (nSPS) is 19.7. The molecule has 0 aromatic carbocycles. The summed E-state index contributed by atoms with van der Waals surface area (Å²) in [5.41, 5.74) is -0.462. The number of carbonyl (C=O) groups is 3. The van der Waals surface area contributed by atoms with Crippen molar-refractivity contribution in [1.29, 1.82) is 0 Å². The second kappa shape index (κ2) is 7.58. The van der Waals surface area contributed by atoms with Crippen molar-refractivity contribution in [2.75, 3.05) is 27.3 Å². The van der Waals surface area contributed by atoms with E-state index in [1.807, 2.05) is 20.8 Å². The molecule has 1 aliphatic rings. The second-order valence-electron chi connectivity index (χ2n) is 6.60. The average molecular weight is 313 g/mol. The molecule has 1 aliphatic heterocycles. The summed E-state index contributed by atoms with van der Waals surface area (Å²) in [6.45, 7) is 6.08. The molecule has 7 heteroatoms. The number of ether oxygens (including phenoxy) is 1. The first-order valence-corrected chi connectivity index (χ1v) is 7.52. The third-order valence-corrected chi connectivity index (χ3v) is 3.78. The van der Waals surface area contributed by atoms with Crippen molar-refractivity contribution in [2.24, 2.45) is 5.41 Å². The van der Waals surface area contributed by atoms with E-state index >= 15 is 0 Å². The van der Waals surface area contributed by atoms with Crippen LogP contribution in [0.2, 0.25) is 0 Å². The van der Waals surface area contributed by atoms with E-state index < -0.39 is 17.5 Å². The van der Waals surface area contributed by atoms with Crippen LogP contribution in [0.4, 0.5) is 0 Å². The van der Waals surface area contributed by atoms with Crippen LogP contribution in [-0.2, 0) is 19.1 Å². The number of nitrogens with zero attached hydrogens (tertiary/aromatic N) is 1. The molecule has 1 saturated heterocycles. The lowest BCUT2D eigenvalue weighted by molar-refractivity contribution is -0.144. The van der Waals surface area contributed by atoms with E-state index in [1.165, 1.54) is 7.11 Å². The Labute approximate surface area is 131 Å². The molecule has 7 nitrogen and oxygen atoms in total. The van der Waals surface area contributed by atoms with E-state index in [2.05, 4.69) is 10.6 Å². The van der Waals surface area contributed by atoms with Crippen LogP contribution < -0.4 is 10.6 Å². The summed E-state index contributed by atoms with van der Waals surface area (Å²) in [6.07, 6.45) is 1.43. The molecule has 0 aliphatic carbocycles. The first-order valence-electron chi connectivity index (χ1n) is 7.52. The summed E-state index contributed by atoms with van der Waals surface area (Å²) in [4.78, 5) is 38.1. The van der Waals surface area contributed by atoms with Crippen molar-refractivity contribution >= 4 is 17.7 Å². The molecule has 0 aromatic heterocycles. The number of amides is 3. The van der Waals surface area contributed by atoms with Gasteiger partial charge in [-0.3, -0.25) is 14.4 Å². The lowest BCUT2D eigenvalue weighted by atomic mass is 9.85. The fourth-order valence-electron chi connectivity index (χ4n) is 2.62. The minimum absolute atomic E-state index is 0.0985. The molecule has 126 valence electrons. The minimum Gasteiger partial charge on any atom is -0.375 e. The standard InChI is InChI=1S/C15H27N3O4/c1-15(2,3)12(17-11(19)9-22-5)14(21)18-8-6-7-10(18)13(20)16-4/h10,12H,6-9H2,1-5H3,(H,16,20)(H,17,19). The quantitative estimate of drug-likeness (QED) is 0.742. The van der Waals surface area contributed by atoms with Crippen molar-refractivity contribution in [3.63, 3.8) is 0 Å². The van der Waals surface area contributed by atoms with E-state index in [-0.39, 0.29) is 24.3 Å². The van der Waals surface area contributed by atoms with Crippen molar-refractivity contribution in [3.05, 3.63) is 0 Å². The Hall–Kier alpha value is -1.63. The van der Waals surface area contributed by atoms with Crippen molar-refractivity contribution in [3.8, 4) is 0 Å². The van der Waals surface area contributed by atoms with Gasteiger partial charge in [0.1, 0.15) is 18.7 Å². The van der Waals surface area contributed by atoms with Gasteiger partial charge >= 0.3 is 0 Å². The number of likely N-dealkylation sites (tertiary alicyclic amines) is 1. The zero-order valence-electron chi connectivity index (χ0n) is 14.1. The van der Waals surface area contributed by atoms with Gasteiger partial charge in [-0.2, -0.15) is 0 Å². The first kappa shape index (κ1) is 18.4. The van der Waals surface area contributed by atoms with Crippen LogP contribution in [0.15, 0.2) is 0 Å². The maximum Gasteiger partial charge on any atom is 0.246 e. The number of likely N-dealkylation sites (N-methyl/N-ethyl adjacent to an activating group) is 1. The van der Waals surface area contributed by atoms with Crippen LogP contribution in [0.3, 0.4) is 0 Å². The van der Waals surface area contributed by atoms with Gasteiger partial charge in [-0.05, 0) is 18.3 Å². The molecule has 2 N–H and O–H groups in total. The lowest BCUT2D eigenvalue weighted by Crippen LogP contribution is -2.57. The maximum absolute atomic E-state index is 12.9. The van der Waals surface area contributed by atoms with Crippen LogP contribution in [0.25, 0.3) is 0 Å². The molecule has 0 spiro atoms. The highest BCUT2D eigenvalue weighted by molar-refractivity contribution is 5.93. The maximum atomic E-state index is 12.9. The van der Waals surface area contributed by atoms with Gasteiger partial charge in [0.2, 0.25) is 17.7 Å². The van der Waals surface area contributed by atoms with E-state index in [9.17, 15) is 14.4 Å². The Balaban J connectivity index is 2.92. The van der Waals surface area contributed by atoms with Gasteiger partial charge in [0.15, 0.2) is 0 Å². The molecule has 1 rings (SSSR count). The van der Waals surface area contributed by atoms with Gasteiger partial charge < -0.3 is 20.3 Å². The smallest absolute Gasteiger partial charge is 0.246 e. The fraction of sp³-hybridized carbons (Fsp3) is 0.800. The highest BCUT2D eigenvalue weighted by Crippen LogP contribution is 2.25. The van der Waals surface area contributed by atoms with Crippen LogP contribution in [-0.4, -0.2) is 62.0 Å². The number of nitrogens with one attached hydrogen (secondary N) is 2. The monoisotopic (exact) mass is 313 g/mol. The minimum atomic E-state index is -0.694. The van der Waals surface area contributed by atoms with Crippen LogP contribution in [0.1, 0.15) is 33.6 Å². The number of rotatable bonds is 5. The van der Waals surface area contributed by atoms with Crippen molar-refractivity contribution in [2.45, 2.75) is 45.7 Å². The summed E-state index contributed by atoms with van der Waals surface area (Å²) in [5, 5.41) is 5.32. The number of methoxy groups -OCH3 is 1. The van der Waals surface area contributed by atoms with Crippen LogP contribution in [0.5, 0.6) is 0 Å². The third-order valence-electron chi connectivity index (χ3n) is 3.78. The van der Waals surface area contributed by atoms with E-state index in [1.54, 1.807) is 11.9 Å². The molecule has 1 heterocycles. The van der Waals surface area contributed by atoms with Gasteiger partial charge in [-0.15, -0.1) is 0 Å². The second-order valence-corrected chi connectivity index (χ2v) is 6.60. The molecular formula is C15H27N3O4. The molecule has 1 fully saturated rings. The summed E-state index contributed by atoms with van der Waals surface area (Å²) < 4.78 is 4.80. The highest BCUT2D eigenvalue weighted by Gasteiger charge is 2.41. The summed E-state index contributed by atoms with van der Waals surface area (Å²) in [6, 6.07) is -1.15. The Kier molecular flexibility index (Phi) is 6.34. The van der Waals surface area contributed by atoms with Gasteiger partial charge in [0.25, 0.3) is 0 Å². The van der Waals surface area contributed by atoms with Crippen LogP contribution in [0, 0.1) is 5.41 Å². The predicted octanol–water partition coefficient (Wildman–Crippen LogP) is -0.0993. The largest absolute Gasteiger partial charge is 0.375 e. The average Bonchev–Trinajstić information content (AvgIpc) is 2.91. The number of hydrogen-bond donors (Lipinski definition) is 2.